The van der Waals surface area contributed by atoms with E-state index in [0.29, 0.717) is 114 Å². The van der Waals surface area contributed by atoms with Crippen molar-refractivity contribution in [3.8, 4) is 28.2 Å². The highest BCUT2D eigenvalue weighted by Crippen LogP contribution is 2.33. The number of hydrogen-bond donors (Lipinski definition) is 6. The highest BCUT2D eigenvalue weighted by Gasteiger charge is 2.41. The third kappa shape index (κ3) is 17.1. The molecule has 412 valence electrons. The predicted octanol–water partition coefficient (Wildman–Crippen LogP) is 7.35. The lowest BCUT2D eigenvalue weighted by molar-refractivity contribution is -0.144. The molecule has 1 saturated heterocycles. The summed E-state index contributed by atoms with van der Waals surface area (Å²) in [7, 11) is 0. The molecule has 6 aromatic rings. The molecule has 0 aliphatic carbocycles. The standard InChI is InChI=1S/C60H72N8O9S/c1-6-62-51(69)25-19-42-18-24-48-49(37-42)66-58(72)53(48)54(45-11-8-7-9-12-45)65-47-22-16-43(17-23-47)38-61-27-30-75-32-34-77-36-35-76-33-31-74-29-26-52(70)67-56(60(3,4)5)59(73)68-28-10-13-50(68)57(71)63-39-44-14-20-46(21-15-44)55-41(2)64-40-78-55/h7-9,11-12,14-18,20-24,37,40,50,56,61,66,72H,6,10,13,26-36,38-39H2,1-5H3,(H,62,69)(H,63,71)(H,67,70)/t50-,56+/m0/s1. The fourth-order valence-corrected chi connectivity index (χ4v) is 9.64. The molecule has 1 fully saturated rings. The van der Waals surface area contributed by atoms with Gasteiger partial charge in [0.25, 0.3) is 5.91 Å². The monoisotopic (exact) mass is 1080 g/mol. The number of aliphatic imine (C=N–C) groups is 1. The number of rotatable bonds is 27. The zero-order valence-corrected chi connectivity index (χ0v) is 46.1. The molecule has 0 spiro atoms. The maximum absolute atomic E-state index is 13.9. The summed E-state index contributed by atoms with van der Waals surface area (Å²) in [5.74, 6) is 4.35. The number of carbonyl (C=O) groups excluding carboxylic acids is 4. The SMILES string of the molecule is CCNC(=O)C#Cc1ccc2c(C(=Nc3ccc(CNCCOCCOCCOCCOCCC(=O)N[C@H](C(=O)N4CCC[C@H]4C(=O)NCc4ccc(-c5scnc5C)cc4)C(C)(C)C)cc3)c3ccccc3)c(O)[nH]c2c1. The van der Waals surface area contributed by atoms with Crippen LogP contribution in [0.5, 0.6) is 5.88 Å². The number of carbonyl (C=O) groups is 4. The van der Waals surface area contributed by atoms with Crippen molar-refractivity contribution in [2.45, 2.75) is 79.1 Å². The van der Waals surface area contributed by atoms with E-state index in [4.69, 9.17) is 23.9 Å². The number of amides is 4. The Morgan fingerprint density at radius 1 is 0.846 bits per heavy atom. The first kappa shape index (κ1) is 58.4. The van der Waals surface area contributed by atoms with Crippen molar-refractivity contribution in [3.63, 3.8) is 0 Å². The topological polar surface area (TPSA) is 218 Å². The number of aromatic amines is 1. The van der Waals surface area contributed by atoms with E-state index in [9.17, 15) is 24.3 Å². The van der Waals surface area contributed by atoms with Gasteiger partial charge in [-0.1, -0.05) is 99.5 Å². The Morgan fingerprint density at radius 2 is 1.51 bits per heavy atom. The molecule has 0 radical (unpaired) electrons. The Hall–Kier alpha value is -7.24. The molecule has 0 bridgehead atoms. The number of benzene rings is 4. The molecule has 18 heteroatoms. The minimum atomic E-state index is -0.810. The Morgan fingerprint density at radius 3 is 2.18 bits per heavy atom. The molecule has 2 atom stereocenters. The minimum Gasteiger partial charge on any atom is -0.494 e. The number of aromatic hydroxyl groups is 1. The number of aromatic nitrogens is 2. The van der Waals surface area contributed by atoms with Crippen molar-refractivity contribution in [1.82, 2.24) is 36.1 Å². The van der Waals surface area contributed by atoms with Crippen LogP contribution in [0.2, 0.25) is 0 Å². The van der Waals surface area contributed by atoms with Crippen molar-refractivity contribution in [1.29, 1.82) is 0 Å². The number of H-pyrrole nitrogens is 1. The first-order valence-electron chi connectivity index (χ1n) is 26.6. The Bertz CT molecular complexity index is 3010. The van der Waals surface area contributed by atoms with Gasteiger partial charge in [-0.25, -0.2) is 9.98 Å². The molecule has 4 amide bonds. The number of nitrogens with one attached hydrogen (secondary N) is 5. The molecule has 3 heterocycles. The van der Waals surface area contributed by atoms with Gasteiger partial charge in [0.15, 0.2) is 5.88 Å². The molecule has 1 aliphatic heterocycles. The fraction of sp³-hybridized carbons (Fsp3) is 0.400. The number of nitrogens with zero attached hydrogens (tertiary/aromatic N) is 3. The molecule has 0 unspecified atom stereocenters. The summed E-state index contributed by atoms with van der Waals surface area (Å²) in [6.45, 7) is 15.1. The molecule has 17 nitrogen and oxygen atoms in total. The van der Waals surface area contributed by atoms with Crippen LogP contribution < -0.4 is 21.3 Å². The third-order valence-corrected chi connectivity index (χ3v) is 13.9. The van der Waals surface area contributed by atoms with E-state index in [-0.39, 0.29) is 42.5 Å². The molecule has 1 aliphatic rings. The van der Waals surface area contributed by atoms with Crippen molar-refractivity contribution < 1.29 is 43.2 Å². The summed E-state index contributed by atoms with van der Waals surface area (Å²) in [6, 6.07) is 29.8. The molecular formula is C60H72N8O9S. The predicted molar refractivity (Wildman–Crippen MR) is 304 cm³/mol. The maximum atomic E-state index is 13.9. The van der Waals surface area contributed by atoms with Gasteiger partial charge in [-0.2, -0.15) is 0 Å². The van der Waals surface area contributed by atoms with E-state index in [1.807, 2.05) is 131 Å². The second-order valence-corrected chi connectivity index (χ2v) is 20.7. The summed E-state index contributed by atoms with van der Waals surface area (Å²) >= 11 is 1.60. The lowest BCUT2D eigenvalue weighted by Gasteiger charge is -2.35. The first-order valence-corrected chi connectivity index (χ1v) is 27.4. The normalized spacial score (nSPS) is 14.0. The van der Waals surface area contributed by atoms with Crippen LogP contribution in [-0.2, 0) is 51.2 Å². The second kappa shape index (κ2) is 29.5. The van der Waals surface area contributed by atoms with Gasteiger partial charge in [0.1, 0.15) is 12.1 Å². The summed E-state index contributed by atoms with van der Waals surface area (Å²) in [5.41, 5.74) is 9.42. The summed E-state index contributed by atoms with van der Waals surface area (Å²) in [5, 5.41) is 23.9. The van der Waals surface area contributed by atoms with Crippen LogP contribution in [0.25, 0.3) is 21.3 Å². The average molecular weight is 1080 g/mol. The van der Waals surface area contributed by atoms with Crippen LogP contribution in [0.3, 0.4) is 0 Å². The van der Waals surface area contributed by atoms with Gasteiger partial charge < -0.3 is 55.2 Å². The summed E-state index contributed by atoms with van der Waals surface area (Å²) < 4.78 is 22.6. The Balaban J connectivity index is 0.727. The van der Waals surface area contributed by atoms with Crippen LogP contribution in [-0.4, -0.2) is 134 Å². The van der Waals surface area contributed by atoms with Gasteiger partial charge in [-0.05, 0) is 73.1 Å². The Labute approximate surface area is 460 Å². The second-order valence-electron chi connectivity index (χ2n) is 19.8. The molecule has 0 saturated carbocycles. The molecule has 2 aromatic heterocycles. The van der Waals surface area contributed by atoms with Crippen molar-refractivity contribution in [2.75, 3.05) is 72.5 Å². The number of likely N-dealkylation sites (tertiary alicyclic amines) is 1. The number of fused-ring (bicyclic) bond motifs is 1. The van der Waals surface area contributed by atoms with Crippen LogP contribution in [0, 0.1) is 24.2 Å². The first-order chi connectivity index (χ1) is 37.8. The lowest BCUT2D eigenvalue weighted by atomic mass is 9.85. The van der Waals surface area contributed by atoms with Gasteiger partial charge >= 0.3 is 0 Å². The van der Waals surface area contributed by atoms with Crippen molar-refractivity contribution in [3.05, 3.63) is 136 Å². The number of ether oxygens (including phenoxy) is 4. The molecule has 4 aromatic carbocycles. The fourth-order valence-electron chi connectivity index (χ4n) is 8.83. The van der Waals surface area contributed by atoms with Crippen LogP contribution in [0.4, 0.5) is 5.69 Å². The van der Waals surface area contributed by atoms with E-state index in [1.54, 1.807) is 22.3 Å². The van der Waals surface area contributed by atoms with Gasteiger partial charge in [0.2, 0.25) is 17.7 Å². The lowest BCUT2D eigenvalue weighted by Crippen LogP contribution is -2.57. The van der Waals surface area contributed by atoms with Crippen molar-refractivity contribution in [2.24, 2.45) is 10.4 Å². The number of aryl methyl sites for hydroxylation is 1. The molecule has 6 N–H and O–H groups in total. The molecular weight excluding hydrogens is 1010 g/mol. The van der Waals surface area contributed by atoms with Gasteiger partial charge in [0, 0.05) is 61.6 Å². The van der Waals surface area contributed by atoms with Gasteiger partial charge in [-0.3, -0.25) is 19.2 Å². The average Bonchev–Trinajstić information content (AvgIpc) is 4.22. The van der Waals surface area contributed by atoms with E-state index in [0.717, 1.165) is 43.9 Å². The van der Waals surface area contributed by atoms with E-state index in [2.05, 4.69) is 43.1 Å². The largest absolute Gasteiger partial charge is 0.494 e. The van der Waals surface area contributed by atoms with Crippen molar-refractivity contribution >= 4 is 57.3 Å². The summed E-state index contributed by atoms with van der Waals surface area (Å²) in [6.07, 6.45) is 1.34. The molecule has 78 heavy (non-hydrogen) atoms. The van der Waals surface area contributed by atoms with Crippen LogP contribution in [0.15, 0.2) is 108 Å². The van der Waals surface area contributed by atoms with E-state index in [1.165, 1.54) is 0 Å². The number of hydrogen-bond acceptors (Lipinski definition) is 13. The van der Waals surface area contributed by atoms with Gasteiger partial charge in [-0.15, -0.1) is 11.3 Å². The zero-order valence-electron chi connectivity index (χ0n) is 45.2. The van der Waals surface area contributed by atoms with Crippen LogP contribution in [0.1, 0.15) is 80.5 Å². The van der Waals surface area contributed by atoms with Crippen LogP contribution >= 0.6 is 11.3 Å². The third-order valence-electron chi connectivity index (χ3n) is 12.9. The minimum absolute atomic E-state index is 0.0148. The zero-order chi connectivity index (χ0) is 55.3. The Kier molecular flexibility index (Phi) is 22.1. The quantitative estimate of drug-likeness (QED) is 0.0170. The summed E-state index contributed by atoms with van der Waals surface area (Å²) in [4.78, 5) is 67.4. The maximum Gasteiger partial charge on any atom is 0.296 e. The molecule has 7 rings (SSSR count). The van der Waals surface area contributed by atoms with Gasteiger partial charge in [0.05, 0.1) is 91.4 Å². The highest BCUT2D eigenvalue weighted by atomic mass is 32.1. The highest BCUT2D eigenvalue weighted by molar-refractivity contribution is 7.13. The van der Waals surface area contributed by atoms with E-state index >= 15 is 0 Å². The van der Waals surface area contributed by atoms with E-state index < -0.39 is 17.5 Å². The smallest absolute Gasteiger partial charge is 0.296 e. The number of thiazole rings is 1.